The number of ether oxygens (including phenoxy) is 2. The van der Waals surface area contributed by atoms with Gasteiger partial charge in [-0.15, -0.1) is 0 Å². The Morgan fingerprint density at radius 1 is 1.13 bits per heavy atom. The van der Waals surface area contributed by atoms with E-state index in [4.69, 9.17) is 9.15 Å². The maximum absolute atomic E-state index is 13.0. The van der Waals surface area contributed by atoms with Gasteiger partial charge < -0.3 is 19.2 Å². The van der Waals surface area contributed by atoms with Gasteiger partial charge in [-0.25, -0.2) is 9.59 Å². The molecule has 1 N–H and O–H groups in total. The fraction of sp³-hybridized carbons (Fsp3) is 0.125. The summed E-state index contributed by atoms with van der Waals surface area (Å²) < 4.78 is 15.9. The summed E-state index contributed by atoms with van der Waals surface area (Å²) in [7, 11) is 1.17. The first-order valence-corrected chi connectivity index (χ1v) is 11.7. The van der Waals surface area contributed by atoms with Crippen LogP contribution in [-0.4, -0.2) is 39.8 Å². The molecule has 1 aromatic heterocycles. The highest BCUT2D eigenvalue weighted by atomic mass is 79.9. The van der Waals surface area contributed by atoms with Gasteiger partial charge >= 0.3 is 17.7 Å². The minimum Gasteiger partial charge on any atom is -0.482 e. The number of hydrogen-bond acceptors (Lipinski definition) is 10. The van der Waals surface area contributed by atoms with Gasteiger partial charge in [0.15, 0.2) is 0 Å². The van der Waals surface area contributed by atoms with Crippen LogP contribution in [0.25, 0.3) is 6.08 Å². The zero-order valence-electron chi connectivity index (χ0n) is 19.9. The number of benzene rings is 2. The van der Waals surface area contributed by atoms with E-state index in [1.54, 1.807) is 6.07 Å². The van der Waals surface area contributed by atoms with E-state index in [1.807, 2.05) is 0 Å². The fourth-order valence-electron chi connectivity index (χ4n) is 3.61. The highest BCUT2D eigenvalue weighted by molar-refractivity contribution is 9.10. The number of esters is 1. The zero-order valence-corrected chi connectivity index (χ0v) is 21.5. The maximum atomic E-state index is 13.0. The Bertz CT molecular complexity index is 1550. The molecule has 0 aliphatic carbocycles. The standard InChI is InChI=1S/C24H17BrN4O10/c1-37-23(31)20-6-5-17(39-20)11-27-22(30)18(26-24(27)32)9-14-8-15(25)10-19(29(35)36)21(14)38-12-13-3-2-4-16(7-13)28(33)34/h2-10H,11-12H2,1H3,(H,26,32)/b18-9-. The minimum absolute atomic E-state index is 0.0815. The summed E-state index contributed by atoms with van der Waals surface area (Å²) in [5, 5.41) is 25.2. The summed E-state index contributed by atoms with van der Waals surface area (Å²) >= 11 is 3.19. The maximum Gasteiger partial charge on any atom is 0.373 e. The van der Waals surface area contributed by atoms with Crippen molar-refractivity contribution in [3.8, 4) is 5.75 Å². The average Bonchev–Trinajstić information content (AvgIpc) is 3.47. The molecular weight excluding hydrogens is 584 g/mol. The number of nitro benzene ring substituents is 2. The number of hydrogen-bond donors (Lipinski definition) is 1. The van der Waals surface area contributed by atoms with Gasteiger partial charge in [-0.1, -0.05) is 28.1 Å². The number of carbonyl (C=O) groups is 3. The van der Waals surface area contributed by atoms with Crippen LogP contribution in [0, 0.1) is 20.2 Å². The van der Waals surface area contributed by atoms with Crippen molar-refractivity contribution in [2.75, 3.05) is 7.11 Å². The molecule has 1 aliphatic rings. The van der Waals surface area contributed by atoms with E-state index in [0.29, 0.717) is 10.0 Å². The van der Waals surface area contributed by atoms with Crippen LogP contribution in [0.3, 0.4) is 0 Å². The second-order valence-corrected chi connectivity index (χ2v) is 8.87. The third-order valence-corrected chi connectivity index (χ3v) is 5.85. The Kier molecular flexibility index (Phi) is 7.71. The first kappa shape index (κ1) is 27.0. The number of methoxy groups -OCH3 is 1. The lowest BCUT2D eigenvalue weighted by Crippen LogP contribution is -2.30. The number of imide groups is 1. The van der Waals surface area contributed by atoms with Crippen LogP contribution < -0.4 is 10.1 Å². The van der Waals surface area contributed by atoms with E-state index >= 15 is 0 Å². The Morgan fingerprint density at radius 3 is 2.59 bits per heavy atom. The summed E-state index contributed by atoms with van der Waals surface area (Å²) in [6, 6.07) is 10.2. The monoisotopic (exact) mass is 600 g/mol. The second-order valence-electron chi connectivity index (χ2n) is 7.95. The number of halogens is 1. The zero-order chi connectivity index (χ0) is 28.3. The molecular formula is C24H17BrN4O10. The molecule has 4 rings (SSSR count). The van der Waals surface area contributed by atoms with Crippen LogP contribution in [-0.2, 0) is 22.7 Å². The van der Waals surface area contributed by atoms with Crippen LogP contribution in [0.4, 0.5) is 16.2 Å². The van der Waals surface area contributed by atoms with Crippen molar-refractivity contribution in [1.29, 1.82) is 0 Å². The molecule has 15 heteroatoms. The molecule has 3 aromatic rings. The third-order valence-electron chi connectivity index (χ3n) is 5.39. The predicted octanol–water partition coefficient (Wildman–Crippen LogP) is 4.32. The van der Waals surface area contributed by atoms with Crippen molar-refractivity contribution in [2.45, 2.75) is 13.2 Å². The van der Waals surface area contributed by atoms with Gasteiger partial charge in [-0.05, 0) is 29.8 Å². The summed E-state index contributed by atoms with van der Waals surface area (Å²) in [6.45, 7) is -0.554. The smallest absolute Gasteiger partial charge is 0.373 e. The van der Waals surface area contributed by atoms with E-state index in [9.17, 15) is 34.6 Å². The second kappa shape index (κ2) is 11.1. The molecule has 0 unspecified atom stereocenters. The number of amides is 3. The number of nitro groups is 2. The third kappa shape index (κ3) is 5.93. The van der Waals surface area contributed by atoms with Crippen molar-refractivity contribution in [3.05, 3.63) is 102 Å². The summed E-state index contributed by atoms with van der Waals surface area (Å²) in [5.74, 6) is -1.69. The summed E-state index contributed by atoms with van der Waals surface area (Å²) in [5.41, 5.74) is -0.369. The molecule has 14 nitrogen and oxygen atoms in total. The molecule has 0 radical (unpaired) electrons. The van der Waals surface area contributed by atoms with E-state index in [1.165, 1.54) is 55.7 Å². The Labute approximate surface area is 227 Å². The number of nitrogens with one attached hydrogen (secondary N) is 1. The Balaban J connectivity index is 1.63. The van der Waals surface area contributed by atoms with Crippen molar-refractivity contribution in [3.63, 3.8) is 0 Å². The van der Waals surface area contributed by atoms with Gasteiger partial charge in [-0.2, -0.15) is 0 Å². The fourth-order valence-corrected chi connectivity index (χ4v) is 4.08. The Morgan fingerprint density at radius 2 is 1.90 bits per heavy atom. The lowest BCUT2D eigenvalue weighted by Gasteiger charge is -2.11. The largest absolute Gasteiger partial charge is 0.482 e. The number of rotatable bonds is 9. The minimum atomic E-state index is -0.786. The average molecular weight is 601 g/mol. The first-order chi connectivity index (χ1) is 18.6. The molecule has 1 aliphatic heterocycles. The van der Waals surface area contributed by atoms with Gasteiger partial charge in [0.25, 0.3) is 11.6 Å². The molecule has 0 bridgehead atoms. The number of nitrogens with zero attached hydrogens (tertiary/aromatic N) is 3. The van der Waals surface area contributed by atoms with Crippen molar-refractivity contribution < 1.29 is 38.1 Å². The lowest BCUT2D eigenvalue weighted by atomic mass is 10.1. The van der Waals surface area contributed by atoms with E-state index in [-0.39, 0.29) is 47.4 Å². The van der Waals surface area contributed by atoms with Crippen LogP contribution in [0.1, 0.15) is 27.4 Å². The normalized spacial score (nSPS) is 13.9. The predicted molar refractivity (Wildman–Crippen MR) is 135 cm³/mol. The molecule has 1 saturated heterocycles. The molecule has 1 fully saturated rings. The highest BCUT2D eigenvalue weighted by Crippen LogP contribution is 2.37. The van der Waals surface area contributed by atoms with Crippen molar-refractivity contribution >= 4 is 51.3 Å². The molecule has 200 valence electrons. The quantitative estimate of drug-likeness (QED) is 0.122. The molecule has 0 atom stereocenters. The highest BCUT2D eigenvalue weighted by Gasteiger charge is 2.35. The van der Waals surface area contributed by atoms with Gasteiger partial charge in [0.05, 0.1) is 23.5 Å². The molecule has 3 amide bonds. The van der Waals surface area contributed by atoms with Gasteiger partial charge in [-0.3, -0.25) is 29.9 Å². The SMILES string of the molecule is COC(=O)c1ccc(CN2C(=O)N/C(=C\c3cc(Br)cc([N+](=O)[O-])c3OCc3cccc([N+](=O)[O-])c3)C2=O)o1. The van der Waals surface area contributed by atoms with Crippen molar-refractivity contribution in [1.82, 2.24) is 10.2 Å². The molecule has 0 saturated carbocycles. The molecule has 2 aromatic carbocycles. The van der Waals surface area contributed by atoms with Crippen LogP contribution in [0.5, 0.6) is 5.75 Å². The first-order valence-electron chi connectivity index (χ1n) is 10.9. The van der Waals surface area contributed by atoms with Crippen LogP contribution in [0.15, 0.2) is 63.1 Å². The number of carbonyl (C=O) groups excluding carboxylic acids is 3. The summed E-state index contributed by atoms with van der Waals surface area (Å²) in [6.07, 6.45) is 1.21. The number of furan rings is 1. The molecule has 0 spiro atoms. The lowest BCUT2D eigenvalue weighted by molar-refractivity contribution is -0.386. The van der Waals surface area contributed by atoms with Crippen molar-refractivity contribution in [2.24, 2.45) is 0 Å². The van der Waals surface area contributed by atoms with Gasteiger partial charge in [0.2, 0.25) is 11.5 Å². The topological polar surface area (TPSA) is 184 Å². The van der Waals surface area contributed by atoms with Gasteiger partial charge in [0, 0.05) is 28.2 Å². The van der Waals surface area contributed by atoms with E-state index in [2.05, 4.69) is 26.0 Å². The number of non-ortho nitro benzene ring substituents is 1. The van der Waals surface area contributed by atoms with Crippen LogP contribution >= 0.6 is 15.9 Å². The summed E-state index contributed by atoms with van der Waals surface area (Å²) in [4.78, 5) is 59.5. The van der Waals surface area contributed by atoms with Crippen LogP contribution in [0.2, 0.25) is 0 Å². The molecule has 39 heavy (non-hydrogen) atoms. The van der Waals surface area contributed by atoms with E-state index < -0.39 is 33.4 Å². The van der Waals surface area contributed by atoms with Gasteiger partial charge in [0.1, 0.15) is 18.1 Å². The van der Waals surface area contributed by atoms with E-state index in [0.717, 1.165) is 4.90 Å². The Hall–Kier alpha value is -5.05. The number of urea groups is 1. The molecule has 2 heterocycles.